The number of hydrogen-bond donors (Lipinski definition) is 2. The third-order valence-corrected chi connectivity index (χ3v) is 7.73. The van der Waals surface area contributed by atoms with E-state index in [2.05, 4.69) is 20.2 Å². The number of aromatic nitrogens is 3. The van der Waals surface area contributed by atoms with E-state index in [0.717, 1.165) is 23.5 Å². The number of aryl methyl sites for hydroxylation is 1. The van der Waals surface area contributed by atoms with Crippen molar-refractivity contribution in [2.75, 3.05) is 56.0 Å². The average molecular weight is 563 g/mol. The lowest BCUT2D eigenvalue weighted by molar-refractivity contribution is -0.384. The fraction of sp³-hybridized carbons (Fsp3) is 0.429. The van der Waals surface area contributed by atoms with Crippen molar-refractivity contribution < 1.29 is 19.6 Å². The van der Waals surface area contributed by atoms with Crippen LogP contribution in [0.5, 0.6) is 5.75 Å². The molecule has 4 heterocycles. The molecule has 3 aromatic rings. The molecule has 2 aliphatic rings. The predicted octanol–water partition coefficient (Wildman–Crippen LogP) is 4.11. The van der Waals surface area contributed by atoms with Gasteiger partial charge in [-0.15, -0.1) is 0 Å². The molecule has 1 saturated heterocycles. The highest BCUT2D eigenvalue weighted by molar-refractivity contribution is 5.95. The number of nitro groups is 1. The first kappa shape index (κ1) is 28.0. The van der Waals surface area contributed by atoms with E-state index in [-0.39, 0.29) is 34.5 Å². The van der Waals surface area contributed by atoms with Gasteiger partial charge in [0.1, 0.15) is 17.0 Å². The molecule has 0 bridgehead atoms. The number of nitrogens with one attached hydrogen (secondary N) is 1. The molecule has 1 aromatic carbocycles. The summed E-state index contributed by atoms with van der Waals surface area (Å²) in [5.41, 5.74) is 2.76. The number of likely N-dealkylation sites (N-methyl/N-ethyl adjacent to an activating group) is 1. The first-order valence-corrected chi connectivity index (χ1v) is 13.3. The van der Waals surface area contributed by atoms with Crippen molar-refractivity contribution in [3.63, 3.8) is 0 Å². The minimum atomic E-state index is -1.17. The number of nitrogens with zero attached hydrogens (tertiary/aromatic N) is 7. The Morgan fingerprint density at radius 1 is 1.24 bits per heavy atom. The van der Waals surface area contributed by atoms with E-state index in [0.29, 0.717) is 36.8 Å². The van der Waals surface area contributed by atoms with Gasteiger partial charge in [0.15, 0.2) is 5.82 Å². The highest BCUT2D eigenvalue weighted by atomic mass is 16.6. The summed E-state index contributed by atoms with van der Waals surface area (Å²) in [6.07, 6.45) is 2.13. The number of nitro benzene ring substituents is 1. The number of methoxy groups -OCH3 is 1. The van der Waals surface area contributed by atoms with Crippen LogP contribution in [-0.2, 0) is 5.41 Å². The summed E-state index contributed by atoms with van der Waals surface area (Å²) >= 11 is 0. The standard InChI is InChI=1S/C28H34N8O5/c1-16-7-8-20-24(30-16)28(2,3)15-35(20)25-18(26(37)38)13-29-27(32-25)31-19-11-22(36(39)40)21(12-23(19)41-6)34-10-9-17(14-34)33(4)5/h7-8,11-13,17H,9-10,14-15H2,1-6H3,(H,37,38)(H,29,31,32). The topological polar surface area (TPSA) is 150 Å². The van der Waals surface area contributed by atoms with Crippen molar-refractivity contribution in [3.8, 4) is 5.75 Å². The summed E-state index contributed by atoms with van der Waals surface area (Å²) in [5.74, 6) is -0.523. The smallest absolute Gasteiger partial charge is 0.341 e. The molecule has 0 radical (unpaired) electrons. The van der Waals surface area contributed by atoms with Gasteiger partial charge < -0.3 is 29.9 Å². The second kappa shape index (κ2) is 10.5. The van der Waals surface area contributed by atoms with Gasteiger partial charge in [-0.1, -0.05) is 13.8 Å². The molecule has 216 valence electrons. The summed E-state index contributed by atoms with van der Waals surface area (Å²) in [6.45, 7) is 7.82. The molecule has 41 heavy (non-hydrogen) atoms. The maximum absolute atomic E-state index is 12.2. The molecule has 1 fully saturated rings. The third kappa shape index (κ3) is 5.20. The van der Waals surface area contributed by atoms with Gasteiger partial charge in [0.2, 0.25) is 5.95 Å². The number of fused-ring (bicyclic) bond motifs is 1. The molecule has 0 spiro atoms. The normalized spacial score (nSPS) is 17.6. The van der Waals surface area contributed by atoms with Crippen LogP contribution in [-0.4, -0.2) is 82.7 Å². The molecule has 1 atom stereocenters. The second-order valence-corrected chi connectivity index (χ2v) is 11.3. The van der Waals surface area contributed by atoms with Gasteiger partial charge in [-0.2, -0.15) is 4.98 Å². The maximum Gasteiger partial charge on any atom is 0.341 e. The molecule has 1 unspecified atom stereocenters. The van der Waals surface area contributed by atoms with Crippen molar-refractivity contribution in [2.45, 2.75) is 38.6 Å². The number of pyridine rings is 1. The van der Waals surface area contributed by atoms with Crippen LogP contribution in [0.3, 0.4) is 0 Å². The Hall–Kier alpha value is -4.52. The Bertz CT molecular complexity index is 1530. The van der Waals surface area contributed by atoms with Crippen LogP contribution in [0.2, 0.25) is 0 Å². The number of aromatic carboxylic acids is 1. The molecule has 0 aliphatic carbocycles. The summed E-state index contributed by atoms with van der Waals surface area (Å²) < 4.78 is 5.61. The number of carbonyl (C=O) groups is 1. The van der Waals surface area contributed by atoms with E-state index in [1.807, 2.05) is 56.8 Å². The number of ether oxygens (including phenoxy) is 1. The average Bonchev–Trinajstić information content (AvgIpc) is 3.51. The minimum Gasteiger partial charge on any atom is -0.494 e. The van der Waals surface area contributed by atoms with Gasteiger partial charge in [-0.25, -0.2) is 9.78 Å². The summed E-state index contributed by atoms with van der Waals surface area (Å²) in [7, 11) is 5.49. The number of carboxylic acid groups (broad SMARTS) is 1. The van der Waals surface area contributed by atoms with E-state index < -0.39 is 10.9 Å². The zero-order chi connectivity index (χ0) is 29.6. The number of carboxylic acids is 1. The first-order chi connectivity index (χ1) is 19.4. The summed E-state index contributed by atoms with van der Waals surface area (Å²) in [6, 6.07) is 7.14. The van der Waals surface area contributed by atoms with Crippen LogP contribution >= 0.6 is 0 Å². The summed E-state index contributed by atoms with van der Waals surface area (Å²) in [4.78, 5) is 43.4. The molecule has 5 rings (SSSR count). The van der Waals surface area contributed by atoms with Gasteiger partial charge in [-0.3, -0.25) is 15.1 Å². The number of rotatable bonds is 8. The lowest BCUT2D eigenvalue weighted by atomic mass is 9.91. The van der Waals surface area contributed by atoms with Crippen LogP contribution in [0.25, 0.3) is 0 Å². The van der Waals surface area contributed by atoms with E-state index in [1.54, 1.807) is 6.07 Å². The maximum atomic E-state index is 12.2. The van der Waals surface area contributed by atoms with Crippen molar-refractivity contribution in [3.05, 3.63) is 57.5 Å². The number of anilines is 5. The van der Waals surface area contributed by atoms with Gasteiger partial charge >= 0.3 is 5.97 Å². The molecular formula is C28H34N8O5. The molecule has 2 aromatic heterocycles. The van der Waals surface area contributed by atoms with Crippen molar-refractivity contribution in [1.82, 2.24) is 19.9 Å². The van der Waals surface area contributed by atoms with E-state index >= 15 is 0 Å². The van der Waals surface area contributed by atoms with Crippen LogP contribution in [0, 0.1) is 17.0 Å². The Morgan fingerprint density at radius 3 is 2.63 bits per heavy atom. The molecular weight excluding hydrogens is 528 g/mol. The Labute approximate surface area is 237 Å². The highest BCUT2D eigenvalue weighted by Crippen LogP contribution is 2.44. The predicted molar refractivity (Wildman–Crippen MR) is 155 cm³/mol. The summed E-state index contributed by atoms with van der Waals surface area (Å²) in [5, 5.41) is 25.1. The number of benzene rings is 1. The van der Waals surface area contributed by atoms with E-state index in [9.17, 15) is 20.0 Å². The van der Waals surface area contributed by atoms with Gasteiger partial charge in [0.25, 0.3) is 5.69 Å². The molecule has 2 aliphatic heterocycles. The number of hydrogen-bond acceptors (Lipinski definition) is 11. The van der Waals surface area contributed by atoms with Crippen LogP contribution in [0.1, 0.15) is 42.0 Å². The fourth-order valence-corrected chi connectivity index (χ4v) is 5.53. The van der Waals surface area contributed by atoms with Gasteiger partial charge in [0, 0.05) is 55.1 Å². The second-order valence-electron chi connectivity index (χ2n) is 11.3. The molecule has 0 amide bonds. The van der Waals surface area contributed by atoms with E-state index in [4.69, 9.17) is 9.72 Å². The van der Waals surface area contributed by atoms with E-state index in [1.165, 1.54) is 19.4 Å². The lowest BCUT2D eigenvalue weighted by Crippen LogP contribution is -2.31. The van der Waals surface area contributed by atoms with Crippen molar-refractivity contribution in [1.29, 1.82) is 0 Å². The highest BCUT2D eigenvalue weighted by Gasteiger charge is 2.39. The molecule has 13 heteroatoms. The van der Waals surface area contributed by atoms with Crippen LogP contribution < -0.4 is 19.9 Å². The fourth-order valence-electron chi connectivity index (χ4n) is 5.53. The zero-order valence-electron chi connectivity index (χ0n) is 24.0. The Morgan fingerprint density at radius 2 is 2.00 bits per heavy atom. The molecule has 13 nitrogen and oxygen atoms in total. The molecule has 0 saturated carbocycles. The SMILES string of the molecule is COc1cc(N2CCC(N(C)C)C2)c([N+](=O)[O-])cc1Nc1ncc(C(=O)O)c(N2CC(C)(C)c3nc(C)ccc32)n1. The minimum absolute atomic E-state index is 0.0717. The zero-order valence-corrected chi connectivity index (χ0v) is 24.0. The van der Waals surface area contributed by atoms with Gasteiger partial charge in [-0.05, 0) is 39.6 Å². The molecule has 2 N–H and O–H groups in total. The van der Waals surface area contributed by atoms with Crippen LogP contribution in [0.4, 0.5) is 34.5 Å². The van der Waals surface area contributed by atoms with Crippen molar-refractivity contribution >= 4 is 40.5 Å². The first-order valence-electron chi connectivity index (χ1n) is 13.3. The lowest BCUT2D eigenvalue weighted by Gasteiger charge is -2.23. The largest absolute Gasteiger partial charge is 0.494 e. The quantitative estimate of drug-likeness (QED) is 0.300. The Kier molecular flexibility index (Phi) is 7.15. The Balaban J connectivity index is 1.54. The van der Waals surface area contributed by atoms with Crippen molar-refractivity contribution in [2.24, 2.45) is 0 Å². The van der Waals surface area contributed by atoms with Crippen LogP contribution in [0.15, 0.2) is 30.5 Å². The van der Waals surface area contributed by atoms with Gasteiger partial charge in [0.05, 0.1) is 29.1 Å². The monoisotopic (exact) mass is 562 g/mol. The third-order valence-electron chi connectivity index (χ3n) is 7.73.